The van der Waals surface area contributed by atoms with Gasteiger partial charge in [-0.3, -0.25) is 4.79 Å². The maximum absolute atomic E-state index is 12.6. The lowest BCUT2D eigenvalue weighted by molar-refractivity contribution is -0.130. The molecule has 1 aromatic carbocycles. The van der Waals surface area contributed by atoms with Crippen molar-refractivity contribution in [1.82, 2.24) is 24.6 Å². The molecule has 7 nitrogen and oxygen atoms in total. The van der Waals surface area contributed by atoms with E-state index in [1.807, 2.05) is 35.7 Å². The number of aryl methyl sites for hydroxylation is 2. The molecule has 144 valence electrons. The first-order chi connectivity index (χ1) is 13.7. The first-order valence-electron chi connectivity index (χ1n) is 9.20. The normalized spacial score (nSPS) is 11.2. The van der Waals surface area contributed by atoms with Crippen LogP contribution in [0.3, 0.4) is 0 Å². The fraction of sp³-hybridized carbons (Fsp3) is 0.300. The lowest BCUT2D eigenvalue weighted by atomic mass is 10.2. The van der Waals surface area contributed by atoms with Crippen LogP contribution in [0.1, 0.15) is 25.1 Å². The molecule has 3 aromatic heterocycles. The van der Waals surface area contributed by atoms with Crippen LogP contribution >= 0.6 is 11.3 Å². The summed E-state index contributed by atoms with van der Waals surface area (Å²) in [6.45, 7) is 3.36. The average Bonchev–Trinajstić information content (AvgIpc) is 3.44. The fourth-order valence-corrected chi connectivity index (χ4v) is 3.82. The Labute approximate surface area is 166 Å². The van der Waals surface area contributed by atoms with Crippen molar-refractivity contribution >= 4 is 28.3 Å². The molecule has 0 unspecified atom stereocenters. The SMILES string of the molecule is CCn1c(CN(C)C(=O)CCc2nc(-c3cccs3)no2)nc2ccccc21. The number of para-hydroxylation sites is 2. The summed E-state index contributed by atoms with van der Waals surface area (Å²) in [7, 11) is 1.80. The predicted molar refractivity (Wildman–Crippen MR) is 108 cm³/mol. The molecule has 0 radical (unpaired) electrons. The monoisotopic (exact) mass is 395 g/mol. The molecule has 0 saturated carbocycles. The highest BCUT2D eigenvalue weighted by Gasteiger charge is 2.17. The summed E-state index contributed by atoms with van der Waals surface area (Å²) in [6.07, 6.45) is 0.737. The number of aromatic nitrogens is 4. The van der Waals surface area contributed by atoms with Crippen LogP contribution in [-0.4, -0.2) is 37.5 Å². The van der Waals surface area contributed by atoms with Crippen molar-refractivity contribution in [3.8, 4) is 10.7 Å². The van der Waals surface area contributed by atoms with E-state index in [0.29, 0.717) is 31.1 Å². The Morgan fingerprint density at radius 1 is 1.21 bits per heavy atom. The van der Waals surface area contributed by atoms with Crippen LogP contribution in [0.4, 0.5) is 0 Å². The first kappa shape index (κ1) is 18.4. The maximum Gasteiger partial charge on any atom is 0.227 e. The van der Waals surface area contributed by atoms with Crippen LogP contribution in [0.5, 0.6) is 0 Å². The molecule has 0 saturated heterocycles. The van der Waals surface area contributed by atoms with Crippen molar-refractivity contribution < 1.29 is 9.32 Å². The number of carbonyl (C=O) groups excluding carboxylic acids is 1. The van der Waals surface area contributed by atoms with E-state index in [1.54, 1.807) is 23.3 Å². The number of fused-ring (bicyclic) bond motifs is 1. The van der Waals surface area contributed by atoms with Gasteiger partial charge in [-0.2, -0.15) is 4.98 Å². The molecule has 0 aliphatic heterocycles. The average molecular weight is 395 g/mol. The van der Waals surface area contributed by atoms with Gasteiger partial charge in [-0.25, -0.2) is 4.98 Å². The van der Waals surface area contributed by atoms with Gasteiger partial charge in [0.2, 0.25) is 17.6 Å². The molecule has 28 heavy (non-hydrogen) atoms. The molecule has 8 heteroatoms. The minimum atomic E-state index is 0.0191. The molecule has 0 N–H and O–H groups in total. The van der Waals surface area contributed by atoms with Crippen LogP contribution < -0.4 is 0 Å². The van der Waals surface area contributed by atoms with Crippen LogP contribution in [0, 0.1) is 0 Å². The van der Waals surface area contributed by atoms with Gasteiger partial charge in [0, 0.05) is 26.4 Å². The molecule has 1 amide bonds. The van der Waals surface area contributed by atoms with Crippen molar-refractivity contribution in [3.63, 3.8) is 0 Å². The van der Waals surface area contributed by atoms with Gasteiger partial charge >= 0.3 is 0 Å². The number of hydrogen-bond donors (Lipinski definition) is 0. The Bertz CT molecular complexity index is 1080. The molecule has 0 aliphatic rings. The van der Waals surface area contributed by atoms with Crippen molar-refractivity contribution in [1.29, 1.82) is 0 Å². The minimum Gasteiger partial charge on any atom is -0.339 e. The first-order valence-corrected chi connectivity index (χ1v) is 10.1. The molecule has 0 spiro atoms. The Kier molecular flexibility index (Phi) is 5.21. The molecule has 3 heterocycles. The zero-order valence-electron chi connectivity index (χ0n) is 15.8. The van der Waals surface area contributed by atoms with Crippen molar-refractivity contribution in [3.05, 3.63) is 53.5 Å². The van der Waals surface area contributed by atoms with E-state index in [2.05, 4.69) is 32.7 Å². The highest BCUT2D eigenvalue weighted by molar-refractivity contribution is 7.13. The highest BCUT2D eigenvalue weighted by Crippen LogP contribution is 2.22. The second kappa shape index (κ2) is 7.93. The van der Waals surface area contributed by atoms with Gasteiger partial charge in [0.15, 0.2) is 0 Å². The minimum absolute atomic E-state index is 0.0191. The van der Waals surface area contributed by atoms with E-state index >= 15 is 0 Å². The highest BCUT2D eigenvalue weighted by atomic mass is 32.1. The molecule has 4 rings (SSSR count). The van der Waals surface area contributed by atoms with E-state index in [1.165, 1.54) is 0 Å². The fourth-order valence-electron chi connectivity index (χ4n) is 3.17. The van der Waals surface area contributed by atoms with Gasteiger partial charge in [0.25, 0.3) is 0 Å². The zero-order valence-corrected chi connectivity index (χ0v) is 16.6. The van der Waals surface area contributed by atoms with Crippen molar-refractivity contribution in [2.45, 2.75) is 32.9 Å². The van der Waals surface area contributed by atoms with Crippen molar-refractivity contribution in [2.24, 2.45) is 0 Å². The lowest BCUT2D eigenvalue weighted by Gasteiger charge is -2.17. The standard InChI is InChI=1S/C20H21N5O2S/c1-3-25-15-8-5-4-7-14(15)21-17(25)13-24(2)19(26)11-10-18-22-20(23-27-18)16-9-6-12-28-16/h4-9,12H,3,10-11,13H2,1-2H3. The summed E-state index contributed by atoms with van der Waals surface area (Å²) in [5.74, 6) is 1.95. The van der Waals surface area contributed by atoms with Crippen LogP contribution in [0.25, 0.3) is 21.7 Å². The number of nitrogens with zero attached hydrogens (tertiary/aromatic N) is 5. The van der Waals surface area contributed by atoms with Crippen LogP contribution in [0.15, 0.2) is 46.3 Å². The Hall–Kier alpha value is -3.00. The molecule has 0 atom stereocenters. The summed E-state index contributed by atoms with van der Waals surface area (Å²) in [5.41, 5.74) is 2.04. The van der Waals surface area contributed by atoms with Crippen LogP contribution in [0.2, 0.25) is 0 Å². The number of benzene rings is 1. The molecule has 0 fully saturated rings. The Balaban J connectivity index is 1.39. The third-order valence-corrected chi connectivity index (χ3v) is 5.48. The number of carbonyl (C=O) groups is 1. The summed E-state index contributed by atoms with van der Waals surface area (Å²) in [6, 6.07) is 11.9. The van der Waals surface area contributed by atoms with Crippen LogP contribution in [-0.2, 0) is 24.3 Å². The predicted octanol–water partition coefficient (Wildman–Crippen LogP) is 3.76. The van der Waals surface area contributed by atoms with E-state index in [0.717, 1.165) is 28.3 Å². The largest absolute Gasteiger partial charge is 0.339 e. The summed E-state index contributed by atoms with van der Waals surface area (Å²) in [5, 5.41) is 5.95. The smallest absolute Gasteiger partial charge is 0.227 e. The van der Waals surface area contributed by atoms with Gasteiger partial charge < -0.3 is 14.0 Å². The summed E-state index contributed by atoms with van der Waals surface area (Å²) in [4.78, 5) is 24.3. The third-order valence-electron chi connectivity index (χ3n) is 4.62. The van der Waals surface area contributed by atoms with E-state index in [-0.39, 0.29) is 5.91 Å². The van der Waals surface area contributed by atoms with E-state index < -0.39 is 0 Å². The van der Waals surface area contributed by atoms with Gasteiger partial charge in [-0.1, -0.05) is 23.4 Å². The number of thiophene rings is 1. The second-order valence-corrected chi connectivity index (χ2v) is 7.45. The van der Waals surface area contributed by atoms with Gasteiger partial charge in [-0.05, 0) is 30.5 Å². The molecular formula is C20H21N5O2S. The van der Waals surface area contributed by atoms with Crippen molar-refractivity contribution in [2.75, 3.05) is 7.05 Å². The summed E-state index contributed by atoms with van der Waals surface area (Å²) < 4.78 is 7.41. The number of amides is 1. The van der Waals surface area contributed by atoms with Gasteiger partial charge in [0.05, 0.1) is 22.5 Å². The number of imidazole rings is 1. The molecule has 0 aliphatic carbocycles. The summed E-state index contributed by atoms with van der Waals surface area (Å²) >= 11 is 1.56. The third kappa shape index (κ3) is 3.68. The Morgan fingerprint density at radius 3 is 2.86 bits per heavy atom. The second-order valence-electron chi connectivity index (χ2n) is 6.50. The lowest BCUT2D eigenvalue weighted by Crippen LogP contribution is -2.28. The molecule has 0 bridgehead atoms. The number of hydrogen-bond acceptors (Lipinski definition) is 6. The molecule has 4 aromatic rings. The molecular weight excluding hydrogens is 374 g/mol. The zero-order chi connectivity index (χ0) is 19.5. The number of rotatable bonds is 7. The quantitative estimate of drug-likeness (QED) is 0.476. The van der Waals surface area contributed by atoms with Gasteiger partial charge in [-0.15, -0.1) is 11.3 Å². The van der Waals surface area contributed by atoms with Gasteiger partial charge in [0.1, 0.15) is 5.82 Å². The Morgan fingerprint density at radius 2 is 2.07 bits per heavy atom. The van der Waals surface area contributed by atoms with E-state index in [4.69, 9.17) is 4.52 Å². The topological polar surface area (TPSA) is 77.0 Å². The maximum atomic E-state index is 12.6. The van der Waals surface area contributed by atoms with E-state index in [9.17, 15) is 4.79 Å².